The SMILES string of the molecule is [O-][B][O-].[O-][B][O-].[Sn+4]. The van der Waals surface area contributed by atoms with Crippen molar-refractivity contribution in [2.75, 3.05) is 0 Å². The van der Waals surface area contributed by atoms with Gasteiger partial charge in [-0.25, -0.2) is 15.4 Å². The second kappa shape index (κ2) is 29.4. The first-order valence-corrected chi connectivity index (χ1v) is 0.943. The molecule has 0 saturated carbocycles. The van der Waals surface area contributed by atoms with Gasteiger partial charge in [0.25, 0.3) is 0 Å². The maximum Gasteiger partial charge on any atom is 4.00 e. The van der Waals surface area contributed by atoms with E-state index < -0.39 is 15.4 Å². The van der Waals surface area contributed by atoms with E-state index >= 15 is 0 Å². The monoisotopic (exact) mass is 206 g/mol. The third-order valence-electron chi connectivity index (χ3n) is 0. The van der Waals surface area contributed by atoms with Crippen LogP contribution in [0.2, 0.25) is 0 Å². The summed E-state index contributed by atoms with van der Waals surface area (Å²) in [6.07, 6.45) is 0. The minimum atomic E-state index is -0.500. The van der Waals surface area contributed by atoms with Crippen LogP contribution in [0.25, 0.3) is 0 Å². The van der Waals surface area contributed by atoms with Crippen LogP contribution in [0.4, 0.5) is 0 Å². The van der Waals surface area contributed by atoms with E-state index in [4.69, 9.17) is 20.1 Å². The quantitative estimate of drug-likeness (QED) is 0.367. The van der Waals surface area contributed by atoms with Gasteiger partial charge in [0.15, 0.2) is 0 Å². The zero-order valence-corrected chi connectivity index (χ0v) is 6.14. The Bertz CT molecular complexity index is 11.7. The maximum absolute atomic E-state index is 8.25. The summed E-state index contributed by atoms with van der Waals surface area (Å²) in [4.78, 5) is 0. The van der Waals surface area contributed by atoms with Crippen molar-refractivity contribution in [3.8, 4) is 0 Å². The molecule has 0 atom stereocenters. The Balaban J connectivity index is -0.0000000400. The van der Waals surface area contributed by atoms with Crippen molar-refractivity contribution >= 4 is 39.3 Å². The molecule has 0 fully saturated rings. The van der Waals surface area contributed by atoms with E-state index in [1.807, 2.05) is 0 Å². The van der Waals surface area contributed by atoms with Crippen LogP contribution >= 0.6 is 0 Å². The number of rotatable bonds is 0. The molecule has 2 radical (unpaired) electrons. The van der Waals surface area contributed by atoms with Crippen LogP contribution in [-0.4, -0.2) is 39.3 Å². The molecule has 0 heterocycles. The van der Waals surface area contributed by atoms with Gasteiger partial charge in [-0.3, -0.25) is 0 Å². The molecule has 4 nitrogen and oxygen atoms in total. The van der Waals surface area contributed by atoms with Crippen molar-refractivity contribution in [1.29, 1.82) is 0 Å². The molecule has 0 N–H and O–H groups in total. The molecular weight excluding hydrogens is 204 g/mol. The topological polar surface area (TPSA) is 92.2 Å². The number of hydrogen-bond acceptors (Lipinski definition) is 4. The van der Waals surface area contributed by atoms with Gasteiger partial charge in [0.05, 0.1) is 0 Å². The molecule has 0 aliphatic heterocycles. The fourth-order valence-corrected chi connectivity index (χ4v) is 0. The first-order valence-electron chi connectivity index (χ1n) is 0.943. The molecule has 0 spiro atoms. The Kier molecular flexibility index (Phi) is 65.7. The van der Waals surface area contributed by atoms with Crippen LogP contribution < -0.4 is 20.1 Å². The fourth-order valence-electron chi connectivity index (χ4n) is 0. The van der Waals surface area contributed by atoms with E-state index in [-0.39, 0.29) is 23.9 Å². The average molecular weight is 204 g/mol. The van der Waals surface area contributed by atoms with E-state index in [1.54, 1.807) is 0 Å². The second-order valence-electron chi connectivity index (χ2n) is 0.192. The summed E-state index contributed by atoms with van der Waals surface area (Å²) in [6, 6.07) is 0. The third kappa shape index (κ3) is 261. The van der Waals surface area contributed by atoms with Crippen molar-refractivity contribution in [3.63, 3.8) is 0 Å². The van der Waals surface area contributed by atoms with Crippen LogP contribution in [0.3, 0.4) is 0 Å². The first-order chi connectivity index (χ1) is 2.83. The molecule has 34 valence electrons. The zero-order chi connectivity index (χ0) is 5.41. The summed E-state index contributed by atoms with van der Waals surface area (Å²) in [5.41, 5.74) is 0. The first kappa shape index (κ1) is 15.7. The molecule has 7 heteroatoms. The van der Waals surface area contributed by atoms with Crippen LogP contribution in [-0.2, 0) is 0 Å². The molecule has 0 aliphatic rings. The summed E-state index contributed by atoms with van der Waals surface area (Å²) in [7, 11) is -1.00. The molecular formula is B2O4Sn. The smallest absolute Gasteiger partial charge is 0.900 e. The standard InChI is InChI=1S/2BO2.Sn/c2*2-1-3;/q2*-2;+4. The van der Waals surface area contributed by atoms with E-state index in [2.05, 4.69) is 0 Å². The molecule has 0 aliphatic carbocycles. The second-order valence-corrected chi connectivity index (χ2v) is 0.192. The van der Waals surface area contributed by atoms with E-state index in [0.717, 1.165) is 0 Å². The average Bonchev–Trinajstić information content (AvgIpc) is 1.39. The summed E-state index contributed by atoms with van der Waals surface area (Å²) in [5.74, 6) is 0. The van der Waals surface area contributed by atoms with Crippen molar-refractivity contribution in [2.45, 2.75) is 0 Å². The summed E-state index contributed by atoms with van der Waals surface area (Å²) in [5, 5.41) is 33.0. The van der Waals surface area contributed by atoms with Gasteiger partial charge in [-0.2, -0.15) is 0 Å². The van der Waals surface area contributed by atoms with Crippen LogP contribution in [0, 0.1) is 0 Å². The maximum atomic E-state index is 8.25. The van der Waals surface area contributed by atoms with Gasteiger partial charge < -0.3 is 20.1 Å². The predicted molar refractivity (Wildman–Crippen MR) is 17.3 cm³/mol. The van der Waals surface area contributed by atoms with Gasteiger partial charge in [0.2, 0.25) is 0 Å². The van der Waals surface area contributed by atoms with Gasteiger partial charge in [0, 0.05) is 0 Å². The van der Waals surface area contributed by atoms with Crippen LogP contribution in [0.15, 0.2) is 0 Å². The van der Waals surface area contributed by atoms with E-state index in [0.29, 0.717) is 0 Å². The molecule has 0 unspecified atom stereocenters. The van der Waals surface area contributed by atoms with Gasteiger partial charge >= 0.3 is 23.9 Å². The van der Waals surface area contributed by atoms with E-state index in [1.165, 1.54) is 0 Å². The Hall–Kier alpha value is 0.769. The molecule has 0 aromatic carbocycles. The molecule has 0 aromatic heterocycles. The molecule has 7 heavy (non-hydrogen) atoms. The molecule has 0 amide bonds. The van der Waals surface area contributed by atoms with Gasteiger partial charge in [-0.1, -0.05) is 0 Å². The normalized spacial score (nSPS) is 4.00. The zero-order valence-electron chi connectivity index (χ0n) is 3.29. The van der Waals surface area contributed by atoms with Crippen LogP contribution in [0.5, 0.6) is 0 Å². The van der Waals surface area contributed by atoms with E-state index in [9.17, 15) is 0 Å². The van der Waals surface area contributed by atoms with Gasteiger partial charge in [0.1, 0.15) is 0 Å². The van der Waals surface area contributed by atoms with Crippen molar-refractivity contribution in [1.82, 2.24) is 0 Å². The summed E-state index contributed by atoms with van der Waals surface area (Å²) >= 11 is 0. The number of hydrogen-bond donors (Lipinski definition) is 0. The molecule has 0 aromatic rings. The Morgan fingerprint density at radius 3 is 0.714 bits per heavy atom. The molecule has 0 bridgehead atoms. The van der Waals surface area contributed by atoms with Gasteiger partial charge in [-0.05, 0) is 0 Å². The third-order valence-corrected chi connectivity index (χ3v) is 0. The Morgan fingerprint density at radius 1 is 0.714 bits per heavy atom. The molecule has 0 saturated heterocycles. The minimum Gasteiger partial charge on any atom is -0.900 e. The summed E-state index contributed by atoms with van der Waals surface area (Å²) in [6.45, 7) is 0. The summed E-state index contributed by atoms with van der Waals surface area (Å²) < 4.78 is 0. The fraction of sp³-hybridized carbons (Fsp3) is 0. The Morgan fingerprint density at radius 2 is 0.714 bits per heavy atom. The molecule has 0 rings (SSSR count). The van der Waals surface area contributed by atoms with Crippen LogP contribution in [0.1, 0.15) is 0 Å². The predicted octanol–water partition coefficient (Wildman–Crippen LogP) is -5.90. The largest absolute Gasteiger partial charge is 4.00 e. The van der Waals surface area contributed by atoms with Crippen molar-refractivity contribution in [2.24, 2.45) is 0 Å². The minimum absolute atomic E-state index is 0. The van der Waals surface area contributed by atoms with Crippen molar-refractivity contribution < 1.29 is 20.1 Å². The van der Waals surface area contributed by atoms with Crippen molar-refractivity contribution in [3.05, 3.63) is 0 Å². The van der Waals surface area contributed by atoms with Gasteiger partial charge in [-0.15, -0.1) is 0 Å². The Labute approximate surface area is 59.7 Å².